The van der Waals surface area contributed by atoms with Crippen LogP contribution in [0.1, 0.15) is 63.6 Å². The average Bonchev–Trinajstić information content (AvgIpc) is 2.54. The molecule has 1 heterocycles. The van der Waals surface area contributed by atoms with Gasteiger partial charge in [-0.25, -0.2) is 0 Å². The van der Waals surface area contributed by atoms with Crippen LogP contribution in [-0.4, -0.2) is 24.0 Å². The molecule has 1 aliphatic heterocycles. The van der Waals surface area contributed by atoms with Crippen molar-refractivity contribution in [1.82, 2.24) is 4.90 Å². The predicted molar refractivity (Wildman–Crippen MR) is 91.4 cm³/mol. The zero-order valence-electron chi connectivity index (χ0n) is 14.0. The number of benzene rings is 1. The molecule has 0 spiro atoms. The van der Waals surface area contributed by atoms with Gasteiger partial charge in [0.2, 0.25) is 0 Å². The minimum Gasteiger partial charge on any atom is -0.329 e. The van der Waals surface area contributed by atoms with Gasteiger partial charge in [0.25, 0.3) is 0 Å². The van der Waals surface area contributed by atoms with Crippen molar-refractivity contribution in [2.24, 2.45) is 11.7 Å². The summed E-state index contributed by atoms with van der Waals surface area (Å²) in [5.41, 5.74) is 8.93. The van der Waals surface area contributed by atoms with Crippen LogP contribution < -0.4 is 5.73 Å². The molecule has 1 aromatic carbocycles. The number of nitrogens with zero attached hydrogens (tertiary/aromatic N) is 1. The van der Waals surface area contributed by atoms with Crippen molar-refractivity contribution >= 4 is 0 Å². The maximum Gasteiger partial charge on any atom is 0.0323 e. The second-order valence-corrected chi connectivity index (χ2v) is 6.59. The van der Waals surface area contributed by atoms with Crippen LogP contribution in [0.5, 0.6) is 0 Å². The third-order valence-corrected chi connectivity index (χ3v) is 5.22. The van der Waals surface area contributed by atoms with E-state index in [2.05, 4.69) is 49.9 Å². The van der Waals surface area contributed by atoms with Gasteiger partial charge in [0.15, 0.2) is 0 Å². The smallest absolute Gasteiger partial charge is 0.0323 e. The fourth-order valence-corrected chi connectivity index (χ4v) is 3.71. The monoisotopic (exact) mass is 288 g/mol. The maximum absolute atomic E-state index is 6.05. The Kier molecular flexibility index (Phi) is 6.25. The molecule has 1 aromatic rings. The van der Waals surface area contributed by atoms with E-state index in [1.54, 1.807) is 0 Å². The average molecular weight is 288 g/mol. The minimum absolute atomic E-state index is 0.479. The van der Waals surface area contributed by atoms with Gasteiger partial charge in [-0.05, 0) is 49.8 Å². The molecule has 0 radical (unpaired) electrons. The highest BCUT2D eigenvalue weighted by Crippen LogP contribution is 2.32. The van der Waals surface area contributed by atoms with Crippen molar-refractivity contribution in [2.75, 3.05) is 13.1 Å². The van der Waals surface area contributed by atoms with Gasteiger partial charge in [-0.2, -0.15) is 0 Å². The second-order valence-electron chi connectivity index (χ2n) is 6.59. The molecule has 3 unspecified atom stereocenters. The highest BCUT2D eigenvalue weighted by atomic mass is 15.2. The van der Waals surface area contributed by atoms with Crippen LogP contribution in [0, 0.1) is 5.92 Å². The summed E-state index contributed by atoms with van der Waals surface area (Å²) in [7, 11) is 0. The highest BCUT2D eigenvalue weighted by Gasteiger charge is 2.30. The first-order valence-corrected chi connectivity index (χ1v) is 8.74. The van der Waals surface area contributed by atoms with Gasteiger partial charge in [-0.3, -0.25) is 4.90 Å². The second kappa shape index (κ2) is 7.95. The molecule has 2 N–H and O–H groups in total. The molecule has 21 heavy (non-hydrogen) atoms. The number of aryl methyl sites for hydroxylation is 1. The largest absolute Gasteiger partial charge is 0.329 e. The fraction of sp³-hybridized carbons (Fsp3) is 0.684. The fourth-order valence-electron chi connectivity index (χ4n) is 3.71. The molecule has 2 nitrogen and oxygen atoms in total. The van der Waals surface area contributed by atoms with E-state index in [1.807, 2.05) is 0 Å². The molecule has 3 atom stereocenters. The molecule has 0 bridgehead atoms. The third-order valence-electron chi connectivity index (χ3n) is 5.22. The van der Waals surface area contributed by atoms with Gasteiger partial charge in [0, 0.05) is 18.6 Å². The summed E-state index contributed by atoms with van der Waals surface area (Å²) in [4.78, 5) is 2.63. The van der Waals surface area contributed by atoms with E-state index >= 15 is 0 Å². The zero-order chi connectivity index (χ0) is 15.2. The van der Waals surface area contributed by atoms with E-state index < -0.39 is 0 Å². The summed E-state index contributed by atoms with van der Waals surface area (Å²) in [6.45, 7) is 8.86. The van der Waals surface area contributed by atoms with Crippen molar-refractivity contribution < 1.29 is 0 Å². The Labute approximate surface area is 130 Å². The van der Waals surface area contributed by atoms with Crippen LogP contribution in [0.15, 0.2) is 24.3 Å². The molecule has 1 saturated heterocycles. The standard InChI is InChI=1S/C19H32N2/c1-4-6-17-7-9-18(10-8-17)15(3)21-12-11-16(5-2)13-19(21)14-20/h7-10,15-16,19H,4-6,11-14,20H2,1-3H3. The van der Waals surface area contributed by atoms with Gasteiger partial charge in [0.1, 0.15) is 0 Å². The Morgan fingerprint density at radius 1 is 1.24 bits per heavy atom. The van der Waals surface area contributed by atoms with E-state index in [0.717, 1.165) is 12.5 Å². The first kappa shape index (κ1) is 16.5. The van der Waals surface area contributed by atoms with Crippen molar-refractivity contribution in [1.29, 1.82) is 0 Å². The van der Waals surface area contributed by atoms with Crippen LogP contribution in [0.3, 0.4) is 0 Å². The lowest BCUT2D eigenvalue weighted by Gasteiger charge is -2.42. The predicted octanol–water partition coefficient (Wildman–Crippen LogP) is 4.15. The van der Waals surface area contributed by atoms with Crippen molar-refractivity contribution in [3.63, 3.8) is 0 Å². The number of hydrogen-bond donors (Lipinski definition) is 1. The molecule has 1 fully saturated rings. The molecular formula is C19H32N2. The van der Waals surface area contributed by atoms with E-state index in [9.17, 15) is 0 Å². The number of piperidine rings is 1. The molecular weight excluding hydrogens is 256 g/mol. The molecule has 2 heteroatoms. The Balaban J connectivity index is 2.05. The van der Waals surface area contributed by atoms with Crippen LogP contribution in [-0.2, 0) is 6.42 Å². The summed E-state index contributed by atoms with van der Waals surface area (Å²) < 4.78 is 0. The number of nitrogens with two attached hydrogens (primary N) is 1. The minimum atomic E-state index is 0.479. The summed E-state index contributed by atoms with van der Waals surface area (Å²) in [6, 6.07) is 10.3. The lowest BCUT2D eigenvalue weighted by atomic mass is 9.87. The van der Waals surface area contributed by atoms with E-state index in [1.165, 1.54) is 49.8 Å². The number of likely N-dealkylation sites (tertiary alicyclic amines) is 1. The molecule has 0 amide bonds. The van der Waals surface area contributed by atoms with Crippen LogP contribution in [0.25, 0.3) is 0 Å². The lowest BCUT2D eigenvalue weighted by Crippen LogP contribution is -2.47. The van der Waals surface area contributed by atoms with Crippen LogP contribution in [0.2, 0.25) is 0 Å². The van der Waals surface area contributed by atoms with E-state index in [0.29, 0.717) is 12.1 Å². The maximum atomic E-state index is 6.05. The Hall–Kier alpha value is -0.860. The van der Waals surface area contributed by atoms with Gasteiger partial charge in [-0.15, -0.1) is 0 Å². The third kappa shape index (κ3) is 4.08. The van der Waals surface area contributed by atoms with Gasteiger partial charge >= 0.3 is 0 Å². The SMILES string of the molecule is CCCc1ccc(C(C)N2CCC(CC)CC2CN)cc1. The molecule has 0 aromatic heterocycles. The number of hydrogen-bond acceptors (Lipinski definition) is 2. The van der Waals surface area contributed by atoms with Crippen LogP contribution >= 0.6 is 0 Å². The highest BCUT2D eigenvalue weighted by molar-refractivity contribution is 5.25. The summed E-state index contributed by atoms with van der Waals surface area (Å²) in [5.74, 6) is 0.869. The van der Waals surface area contributed by atoms with Gasteiger partial charge in [0.05, 0.1) is 0 Å². The first-order valence-electron chi connectivity index (χ1n) is 8.74. The van der Waals surface area contributed by atoms with E-state index in [4.69, 9.17) is 5.73 Å². The normalized spacial score (nSPS) is 25.0. The zero-order valence-corrected chi connectivity index (χ0v) is 14.0. The topological polar surface area (TPSA) is 29.3 Å². The quantitative estimate of drug-likeness (QED) is 0.852. The van der Waals surface area contributed by atoms with Crippen molar-refractivity contribution in [3.8, 4) is 0 Å². The Morgan fingerprint density at radius 2 is 1.95 bits per heavy atom. The van der Waals surface area contributed by atoms with E-state index in [-0.39, 0.29) is 0 Å². The van der Waals surface area contributed by atoms with Crippen molar-refractivity contribution in [2.45, 2.75) is 65.0 Å². The van der Waals surface area contributed by atoms with Gasteiger partial charge < -0.3 is 5.73 Å². The summed E-state index contributed by atoms with van der Waals surface area (Å²) in [5, 5.41) is 0. The Bertz CT molecular complexity index is 412. The summed E-state index contributed by atoms with van der Waals surface area (Å²) >= 11 is 0. The first-order chi connectivity index (χ1) is 10.2. The Morgan fingerprint density at radius 3 is 2.52 bits per heavy atom. The lowest BCUT2D eigenvalue weighted by molar-refractivity contribution is 0.0773. The molecule has 0 aliphatic carbocycles. The molecule has 0 saturated carbocycles. The molecule has 2 rings (SSSR count). The van der Waals surface area contributed by atoms with Crippen LogP contribution in [0.4, 0.5) is 0 Å². The molecule has 118 valence electrons. The number of rotatable bonds is 6. The van der Waals surface area contributed by atoms with Crippen molar-refractivity contribution in [3.05, 3.63) is 35.4 Å². The summed E-state index contributed by atoms with van der Waals surface area (Å²) in [6.07, 6.45) is 6.29. The molecule has 1 aliphatic rings. The van der Waals surface area contributed by atoms with Gasteiger partial charge in [-0.1, -0.05) is 51.0 Å².